The van der Waals surface area contributed by atoms with Gasteiger partial charge in [0.1, 0.15) is 0 Å². The maximum Gasteiger partial charge on any atom is 0.264 e. The van der Waals surface area contributed by atoms with E-state index >= 15 is 0 Å². The van der Waals surface area contributed by atoms with Gasteiger partial charge in [0.15, 0.2) is 5.85 Å². The Balaban J connectivity index is 2.04. The van der Waals surface area contributed by atoms with Gasteiger partial charge in [-0.2, -0.15) is 0 Å². The fraction of sp³-hybridized carbons (Fsp3) is 0.182. The molecule has 0 saturated carbocycles. The van der Waals surface area contributed by atoms with Crippen LogP contribution in [0.3, 0.4) is 0 Å². The van der Waals surface area contributed by atoms with Crippen molar-refractivity contribution in [3.8, 4) is 0 Å². The molecule has 0 bridgehead atoms. The maximum atomic E-state index is 14.1. The van der Waals surface area contributed by atoms with E-state index in [1.807, 2.05) is 61.5 Å². The van der Waals surface area contributed by atoms with Crippen molar-refractivity contribution in [1.82, 2.24) is 0 Å². The van der Waals surface area contributed by atoms with Crippen molar-refractivity contribution in [3.05, 3.63) is 94.0 Å². The van der Waals surface area contributed by atoms with Gasteiger partial charge in [0.25, 0.3) is 7.37 Å². The summed E-state index contributed by atoms with van der Waals surface area (Å²) in [6.07, 6.45) is 0. The van der Waals surface area contributed by atoms with Crippen LogP contribution in [0, 0.1) is 0 Å². The molecule has 0 aliphatic heterocycles. The largest absolute Gasteiger partial charge is 0.378 e. The predicted octanol–water partition coefficient (Wildman–Crippen LogP) is 5.87. The summed E-state index contributed by atoms with van der Waals surface area (Å²) in [7, 11) is 0.0451. The quantitative estimate of drug-likeness (QED) is 0.458. The fourth-order valence-corrected chi connectivity index (χ4v) is 5.77. The first-order valence-electron chi connectivity index (χ1n) is 9.01. The molecule has 0 spiro atoms. The zero-order valence-corrected chi connectivity index (χ0v) is 18.5. The van der Waals surface area contributed by atoms with Gasteiger partial charge in [0, 0.05) is 40.7 Å². The molecule has 0 radical (unpaired) electrons. The third kappa shape index (κ3) is 4.85. The maximum absolute atomic E-state index is 14.1. The SMILES string of the molecule is CN(C)c1ccc([P@](=O)(OCc2ccccc2)[C@H](O)c2c(Cl)cccc2Cl)cc1. The zero-order valence-electron chi connectivity index (χ0n) is 16.1. The second-order valence-electron chi connectivity index (χ2n) is 6.78. The van der Waals surface area contributed by atoms with Crippen LogP contribution in [-0.4, -0.2) is 19.2 Å². The first-order chi connectivity index (χ1) is 13.8. The molecule has 0 unspecified atom stereocenters. The minimum Gasteiger partial charge on any atom is -0.378 e. The molecule has 3 rings (SSSR count). The Hall–Kier alpha value is -1.81. The Morgan fingerprint density at radius 2 is 1.52 bits per heavy atom. The van der Waals surface area contributed by atoms with Crippen LogP contribution in [0.4, 0.5) is 5.69 Å². The van der Waals surface area contributed by atoms with Crippen molar-refractivity contribution in [3.63, 3.8) is 0 Å². The molecule has 0 fully saturated rings. The molecule has 0 amide bonds. The zero-order chi connectivity index (χ0) is 21.0. The number of nitrogens with zero attached hydrogens (tertiary/aromatic N) is 1. The van der Waals surface area contributed by atoms with Crippen molar-refractivity contribution < 1.29 is 14.2 Å². The lowest BCUT2D eigenvalue weighted by molar-refractivity contribution is 0.210. The summed E-state index contributed by atoms with van der Waals surface area (Å²) in [5.74, 6) is -1.50. The summed E-state index contributed by atoms with van der Waals surface area (Å²) in [5, 5.41) is 12.0. The number of benzene rings is 3. The van der Waals surface area contributed by atoms with Crippen LogP contribution in [-0.2, 0) is 15.7 Å². The van der Waals surface area contributed by atoms with E-state index < -0.39 is 13.2 Å². The highest BCUT2D eigenvalue weighted by Crippen LogP contribution is 2.60. The summed E-state index contributed by atoms with van der Waals surface area (Å²) in [6.45, 7) is 0.0761. The minimum absolute atomic E-state index is 0.0761. The molecule has 2 atom stereocenters. The Morgan fingerprint density at radius 1 is 0.931 bits per heavy atom. The standard InChI is InChI=1S/C22H22Cl2NO3P/c1-25(2)17-11-13-18(14-12-17)29(27,28-15-16-7-4-3-5-8-16)22(26)21-19(23)9-6-10-20(21)24/h3-14,22,26H,15H2,1-2H3/t22-,29-/m0/s1. The third-order valence-electron chi connectivity index (χ3n) is 4.57. The van der Waals surface area contributed by atoms with Gasteiger partial charge in [0.2, 0.25) is 0 Å². The molecule has 0 heterocycles. The summed E-state index contributed by atoms with van der Waals surface area (Å²) >= 11 is 12.5. The molecule has 3 aromatic rings. The normalized spacial score (nSPS) is 14.2. The van der Waals surface area contributed by atoms with Gasteiger partial charge in [-0.1, -0.05) is 59.6 Å². The second-order valence-corrected chi connectivity index (χ2v) is 10.0. The van der Waals surface area contributed by atoms with Crippen molar-refractivity contribution >= 4 is 41.6 Å². The summed E-state index contributed by atoms with van der Waals surface area (Å²) in [5.41, 5.74) is 1.98. The summed E-state index contributed by atoms with van der Waals surface area (Å²) < 4.78 is 20.0. The van der Waals surface area contributed by atoms with E-state index in [2.05, 4.69) is 0 Å². The van der Waals surface area contributed by atoms with E-state index in [1.54, 1.807) is 30.3 Å². The molecule has 3 aromatic carbocycles. The topological polar surface area (TPSA) is 49.8 Å². The molecular formula is C22H22Cl2NO3P. The number of hydrogen-bond donors (Lipinski definition) is 1. The van der Waals surface area contributed by atoms with E-state index in [1.165, 1.54) is 0 Å². The molecule has 0 saturated heterocycles. The molecule has 0 aromatic heterocycles. The van der Waals surface area contributed by atoms with Gasteiger partial charge >= 0.3 is 0 Å². The highest BCUT2D eigenvalue weighted by molar-refractivity contribution is 7.67. The van der Waals surface area contributed by atoms with Crippen molar-refractivity contribution in [2.75, 3.05) is 19.0 Å². The van der Waals surface area contributed by atoms with Gasteiger partial charge in [-0.15, -0.1) is 0 Å². The predicted molar refractivity (Wildman–Crippen MR) is 121 cm³/mol. The lowest BCUT2D eigenvalue weighted by atomic mass is 10.2. The highest BCUT2D eigenvalue weighted by Gasteiger charge is 2.38. The van der Waals surface area contributed by atoms with E-state index in [4.69, 9.17) is 27.7 Å². The number of aliphatic hydroxyl groups excluding tert-OH is 1. The molecule has 29 heavy (non-hydrogen) atoms. The number of anilines is 1. The molecule has 4 nitrogen and oxygen atoms in total. The first-order valence-corrected chi connectivity index (χ1v) is 11.5. The number of aliphatic hydroxyl groups is 1. The van der Waals surface area contributed by atoms with Gasteiger partial charge in [-0.3, -0.25) is 4.57 Å². The molecule has 0 aliphatic carbocycles. The van der Waals surface area contributed by atoms with E-state index in [0.29, 0.717) is 5.30 Å². The van der Waals surface area contributed by atoms with Crippen molar-refractivity contribution in [1.29, 1.82) is 0 Å². The van der Waals surface area contributed by atoms with Crippen molar-refractivity contribution in [2.24, 2.45) is 0 Å². The smallest absolute Gasteiger partial charge is 0.264 e. The number of halogens is 2. The van der Waals surface area contributed by atoms with Gasteiger partial charge in [-0.25, -0.2) is 0 Å². The summed E-state index contributed by atoms with van der Waals surface area (Å²) in [6, 6.07) is 21.3. The van der Waals surface area contributed by atoms with E-state index in [0.717, 1.165) is 11.3 Å². The molecule has 7 heteroatoms. The lowest BCUT2D eigenvalue weighted by Crippen LogP contribution is -2.16. The first kappa shape index (κ1) is 21.9. The van der Waals surface area contributed by atoms with Crippen LogP contribution in [0.25, 0.3) is 0 Å². The Bertz CT molecular complexity index is 990. The van der Waals surface area contributed by atoms with E-state index in [-0.39, 0.29) is 22.2 Å². The Morgan fingerprint density at radius 3 is 2.07 bits per heavy atom. The van der Waals surface area contributed by atoms with Crippen LogP contribution >= 0.6 is 30.6 Å². The average Bonchev–Trinajstić information content (AvgIpc) is 2.72. The minimum atomic E-state index is -3.79. The second kappa shape index (κ2) is 9.34. The van der Waals surface area contributed by atoms with Gasteiger partial charge in [0.05, 0.1) is 6.61 Å². The number of hydrogen-bond acceptors (Lipinski definition) is 4. The van der Waals surface area contributed by atoms with Crippen LogP contribution < -0.4 is 10.2 Å². The lowest BCUT2D eigenvalue weighted by Gasteiger charge is -2.26. The third-order valence-corrected chi connectivity index (χ3v) is 7.66. The van der Waals surface area contributed by atoms with Crippen LogP contribution in [0.15, 0.2) is 72.8 Å². The molecule has 152 valence electrons. The average molecular weight is 450 g/mol. The highest BCUT2D eigenvalue weighted by atomic mass is 35.5. The van der Waals surface area contributed by atoms with E-state index in [9.17, 15) is 9.67 Å². The van der Waals surface area contributed by atoms with Crippen LogP contribution in [0.1, 0.15) is 17.0 Å². The molecule has 0 aliphatic rings. The van der Waals surface area contributed by atoms with Gasteiger partial charge < -0.3 is 14.5 Å². The number of rotatable bonds is 7. The molecule has 1 N–H and O–H groups in total. The Kier molecular flexibility index (Phi) is 7.05. The Labute approximate surface area is 181 Å². The van der Waals surface area contributed by atoms with Gasteiger partial charge in [-0.05, 0) is 42.0 Å². The summed E-state index contributed by atoms with van der Waals surface area (Å²) in [4.78, 5) is 1.93. The van der Waals surface area contributed by atoms with Crippen LogP contribution in [0.2, 0.25) is 10.0 Å². The fourth-order valence-electron chi connectivity index (χ4n) is 2.92. The monoisotopic (exact) mass is 449 g/mol. The molecular weight excluding hydrogens is 428 g/mol. The van der Waals surface area contributed by atoms with Crippen LogP contribution in [0.5, 0.6) is 0 Å². The van der Waals surface area contributed by atoms with Crippen molar-refractivity contribution in [2.45, 2.75) is 12.5 Å².